The van der Waals surface area contributed by atoms with Gasteiger partial charge in [0.1, 0.15) is 0 Å². The molecule has 2 amide bonds. The molecule has 0 radical (unpaired) electrons. The molecule has 0 aliphatic carbocycles. The van der Waals surface area contributed by atoms with Gasteiger partial charge in [-0.3, -0.25) is 14.4 Å². The number of nitrogens with zero attached hydrogens (tertiary/aromatic N) is 1. The zero-order chi connectivity index (χ0) is 13.3. The first kappa shape index (κ1) is 15.4. The van der Waals surface area contributed by atoms with Crippen molar-refractivity contribution in [2.45, 2.75) is 33.1 Å². The largest absolute Gasteiger partial charge is 0.481 e. The Morgan fingerprint density at radius 2 is 1.65 bits per heavy atom. The van der Waals surface area contributed by atoms with Gasteiger partial charge >= 0.3 is 5.97 Å². The maximum atomic E-state index is 11.5. The lowest BCUT2D eigenvalue weighted by Gasteiger charge is -2.18. The maximum Gasteiger partial charge on any atom is 0.305 e. The molecular weight excluding hydrogens is 224 g/mol. The van der Waals surface area contributed by atoms with E-state index in [2.05, 4.69) is 5.32 Å². The lowest BCUT2D eigenvalue weighted by Crippen LogP contribution is -2.32. The highest BCUT2D eigenvalue weighted by Crippen LogP contribution is 1.97. The minimum absolute atomic E-state index is 0.0524. The number of hydrogen-bond acceptors (Lipinski definition) is 3. The molecule has 0 saturated carbocycles. The Labute approximate surface area is 101 Å². The van der Waals surface area contributed by atoms with Crippen LogP contribution in [0, 0.1) is 0 Å². The van der Waals surface area contributed by atoms with E-state index in [-0.39, 0.29) is 37.6 Å². The standard InChI is InChI=1S/C11H20N2O4/c1-3-13(4-2)10(15)6-5-9(14)12-8-7-11(16)17/h3-8H2,1-2H3,(H,12,14)(H,16,17). The van der Waals surface area contributed by atoms with E-state index in [0.717, 1.165) is 0 Å². The molecule has 98 valence electrons. The fourth-order valence-electron chi connectivity index (χ4n) is 1.35. The molecule has 6 nitrogen and oxygen atoms in total. The van der Waals surface area contributed by atoms with Crippen molar-refractivity contribution < 1.29 is 19.5 Å². The van der Waals surface area contributed by atoms with Crippen LogP contribution in [0.1, 0.15) is 33.1 Å². The normalized spacial score (nSPS) is 9.76. The van der Waals surface area contributed by atoms with E-state index in [1.165, 1.54) is 0 Å². The summed E-state index contributed by atoms with van der Waals surface area (Å²) in [5.41, 5.74) is 0. The molecule has 0 unspecified atom stereocenters. The summed E-state index contributed by atoms with van der Waals surface area (Å²) < 4.78 is 0. The van der Waals surface area contributed by atoms with E-state index in [1.54, 1.807) is 4.90 Å². The monoisotopic (exact) mass is 244 g/mol. The number of carbonyl (C=O) groups excluding carboxylic acids is 2. The minimum Gasteiger partial charge on any atom is -0.481 e. The smallest absolute Gasteiger partial charge is 0.305 e. The molecule has 0 aliphatic rings. The third-order valence-electron chi connectivity index (χ3n) is 2.34. The van der Waals surface area contributed by atoms with Gasteiger partial charge in [0.05, 0.1) is 6.42 Å². The Hall–Kier alpha value is -1.59. The second-order valence-electron chi connectivity index (χ2n) is 3.56. The first-order valence-electron chi connectivity index (χ1n) is 5.77. The summed E-state index contributed by atoms with van der Waals surface area (Å²) in [6.45, 7) is 5.14. The van der Waals surface area contributed by atoms with Gasteiger partial charge in [-0.2, -0.15) is 0 Å². The lowest BCUT2D eigenvalue weighted by molar-refractivity contribution is -0.137. The highest BCUT2D eigenvalue weighted by Gasteiger charge is 2.11. The van der Waals surface area contributed by atoms with Crippen molar-refractivity contribution in [1.29, 1.82) is 0 Å². The SMILES string of the molecule is CCN(CC)C(=O)CCC(=O)NCCC(=O)O. The van der Waals surface area contributed by atoms with Crippen molar-refractivity contribution in [3.8, 4) is 0 Å². The van der Waals surface area contributed by atoms with Crippen molar-refractivity contribution in [3.05, 3.63) is 0 Å². The summed E-state index contributed by atoms with van der Waals surface area (Å²) in [6, 6.07) is 0. The van der Waals surface area contributed by atoms with Crippen molar-refractivity contribution >= 4 is 17.8 Å². The zero-order valence-electron chi connectivity index (χ0n) is 10.4. The molecule has 0 fully saturated rings. The molecule has 0 spiro atoms. The van der Waals surface area contributed by atoms with E-state index in [4.69, 9.17) is 5.11 Å². The molecule has 0 saturated heterocycles. The molecule has 0 atom stereocenters. The van der Waals surface area contributed by atoms with Crippen LogP contribution in [0.15, 0.2) is 0 Å². The van der Waals surface area contributed by atoms with E-state index < -0.39 is 5.97 Å². The molecular formula is C11H20N2O4. The second-order valence-corrected chi connectivity index (χ2v) is 3.56. The van der Waals surface area contributed by atoms with Crippen molar-refractivity contribution in [2.75, 3.05) is 19.6 Å². The predicted octanol–water partition coefficient (Wildman–Crippen LogP) is 0.226. The molecule has 2 N–H and O–H groups in total. The summed E-state index contributed by atoms with van der Waals surface area (Å²) in [6.07, 6.45) is 0.172. The molecule has 0 heterocycles. The quantitative estimate of drug-likeness (QED) is 0.639. The summed E-state index contributed by atoms with van der Waals surface area (Å²) in [5.74, 6) is -1.29. The number of nitrogens with one attached hydrogen (secondary N) is 1. The highest BCUT2D eigenvalue weighted by atomic mass is 16.4. The Morgan fingerprint density at radius 1 is 1.06 bits per heavy atom. The summed E-state index contributed by atoms with van der Waals surface area (Å²) in [5, 5.41) is 10.8. The van der Waals surface area contributed by atoms with Crippen LogP contribution >= 0.6 is 0 Å². The van der Waals surface area contributed by atoms with Crippen molar-refractivity contribution in [2.24, 2.45) is 0 Å². The number of carboxylic acid groups (broad SMARTS) is 1. The van der Waals surface area contributed by atoms with E-state index in [0.29, 0.717) is 13.1 Å². The van der Waals surface area contributed by atoms with Crippen LogP contribution in [0.2, 0.25) is 0 Å². The van der Waals surface area contributed by atoms with Crippen LogP contribution in [-0.2, 0) is 14.4 Å². The lowest BCUT2D eigenvalue weighted by atomic mass is 10.2. The van der Waals surface area contributed by atoms with Gasteiger partial charge in [-0.25, -0.2) is 0 Å². The van der Waals surface area contributed by atoms with Gasteiger partial charge in [0.15, 0.2) is 0 Å². The van der Waals surface area contributed by atoms with Crippen molar-refractivity contribution in [1.82, 2.24) is 10.2 Å². The van der Waals surface area contributed by atoms with Gasteiger partial charge in [-0.1, -0.05) is 0 Å². The van der Waals surface area contributed by atoms with Gasteiger partial charge in [0.25, 0.3) is 0 Å². The molecule has 0 aromatic rings. The Morgan fingerprint density at radius 3 is 2.12 bits per heavy atom. The third kappa shape index (κ3) is 7.32. The van der Waals surface area contributed by atoms with E-state index in [1.807, 2.05) is 13.8 Å². The summed E-state index contributed by atoms with van der Waals surface area (Å²) >= 11 is 0. The molecule has 0 aromatic carbocycles. The van der Waals surface area contributed by atoms with Gasteiger partial charge in [0, 0.05) is 32.5 Å². The number of carbonyl (C=O) groups is 3. The summed E-state index contributed by atoms with van der Waals surface area (Å²) in [4.78, 5) is 34.7. The fourth-order valence-corrected chi connectivity index (χ4v) is 1.35. The van der Waals surface area contributed by atoms with Crippen LogP contribution in [0.25, 0.3) is 0 Å². The number of rotatable bonds is 8. The third-order valence-corrected chi connectivity index (χ3v) is 2.34. The van der Waals surface area contributed by atoms with Gasteiger partial charge in [0.2, 0.25) is 11.8 Å². The molecule has 0 aliphatic heterocycles. The minimum atomic E-state index is -0.954. The van der Waals surface area contributed by atoms with Crippen LogP contribution in [0.3, 0.4) is 0 Å². The van der Waals surface area contributed by atoms with E-state index >= 15 is 0 Å². The molecule has 0 aromatic heterocycles. The number of aliphatic carboxylic acids is 1. The molecule has 17 heavy (non-hydrogen) atoms. The number of amides is 2. The number of hydrogen-bond donors (Lipinski definition) is 2. The predicted molar refractivity (Wildman–Crippen MR) is 62.4 cm³/mol. The Balaban J connectivity index is 3.76. The molecule has 0 bridgehead atoms. The van der Waals surface area contributed by atoms with Crippen LogP contribution < -0.4 is 5.32 Å². The summed E-state index contributed by atoms with van der Waals surface area (Å²) in [7, 11) is 0. The first-order chi connectivity index (χ1) is 8.01. The fraction of sp³-hybridized carbons (Fsp3) is 0.727. The van der Waals surface area contributed by atoms with Gasteiger partial charge < -0.3 is 15.3 Å². The maximum absolute atomic E-state index is 11.5. The number of carboxylic acids is 1. The molecule has 0 rings (SSSR count). The van der Waals surface area contributed by atoms with Crippen molar-refractivity contribution in [3.63, 3.8) is 0 Å². The second kappa shape index (κ2) is 8.55. The zero-order valence-corrected chi connectivity index (χ0v) is 10.4. The molecule has 6 heteroatoms. The van der Waals surface area contributed by atoms with Gasteiger partial charge in [-0.15, -0.1) is 0 Å². The van der Waals surface area contributed by atoms with Crippen LogP contribution in [0.5, 0.6) is 0 Å². The first-order valence-corrected chi connectivity index (χ1v) is 5.77. The average Bonchev–Trinajstić information content (AvgIpc) is 2.27. The van der Waals surface area contributed by atoms with Gasteiger partial charge in [-0.05, 0) is 13.8 Å². The Kier molecular flexibility index (Phi) is 7.75. The van der Waals surface area contributed by atoms with Crippen LogP contribution in [0.4, 0.5) is 0 Å². The highest BCUT2D eigenvalue weighted by molar-refractivity contribution is 5.83. The van der Waals surface area contributed by atoms with E-state index in [9.17, 15) is 14.4 Å². The Bertz CT molecular complexity index is 275. The topological polar surface area (TPSA) is 86.7 Å². The average molecular weight is 244 g/mol. The van der Waals surface area contributed by atoms with Crippen LogP contribution in [-0.4, -0.2) is 47.4 Å².